The molecule has 0 aliphatic rings. The van der Waals surface area contributed by atoms with Gasteiger partial charge in [-0.25, -0.2) is 0 Å². The van der Waals surface area contributed by atoms with Gasteiger partial charge in [0.1, 0.15) is 6.04 Å². The second-order valence-electron chi connectivity index (χ2n) is 3.21. The van der Waals surface area contributed by atoms with E-state index in [0.717, 1.165) is 5.75 Å². The Balaban J connectivity index is 4.02. The number of nitrogens with one attached hydrogen (secondary N) is 2. The number of nitrogens with two attached hydrogens (primary N) is 1. The summed E-state index contributed by atoms with van der Waals surface area (Å²) < 4.78 is 0. The van der Waals surface area contributed by atoms with Gasteiger partial charge in [-0.15, -0.1) is 0 Å². The molecule has 1 atom stereocenters. The minimum Gasteiger partial charge on any atom is -0.368 e. The van der Waals surface area contributed by atoms with Crippen LogP contribution in [-0.2, 0) is 14.4 Å². The van der Waals surface area contributed by atoms with Crippen LogP contribution in [0.25, 0.3) is 0 Å². The maximum Gasteiger partial charge on any atom is 0.240 e. The molecule has 0 heterocycles. The number of amides is 3. The highest BCUT2D eigenvalue weighted by molar-refractivity contribution is 7.98. The molecule has 0 aromatic rings. The Kier molecular flexibility index (Phi) is 7.36. The van der Waals surface area contributed by atoms with Gasteiger partial charge in [-0.1, -0.05) is 0 Å². The Bertz CT molecular complexity index is 271. The monoisotopic (exact) mass is 247 g/mol. The molecule has 0 aliphatic carbocycles. The van der Waals surface area contributed by atoms with Crippen LogP contribution in [0, 0.1) is 0 Å². The average Bonchev–Trinajstić information content (AvgIpc) is 2.20. The van der Waals surface area contributed by atoms with Crippen LogP contribution in [0.1, 0.15) is 13.3 Å². The second kappa shape index (κ2) is 7.98. The van der Waals surface area contributed by atoms with Crippen molar-refractivity contribution in [3.05, 3.63) is 0 Å². The number of thioether (sulfide) groups is 1. The predicted molar refractivity (Wildman–Crippen MR) is 62.8 cm³/mol. The molecule has 0 fully saturated rings. The average molecular weight is 247 g/mol. The number of primary amides is 1. The van der Waals surface area contributed by atoms with Crippen molar-refractivity contribution in [1.29, 1.82) is 0 Å². The minimum atomic E-state index is -0.672. The molecule has 0 spiro atoms. The summed E-state index contributed by atoms with van der Waals surface area (Å²) in [7, 11) is 0. The highest BCUT2D eigenvalue weighted by Crippen LogP contribution is 1.99. The minimum absolute atomic E-state index is 0.140. The molecule has 3 amide bonds. The number of hydrogen-bond acceptors (Lipinski definition) is 4. The fraction of sp³-hybridized carbons (Fsp3) is 0.667. The van der Waals surface area contributed by atoms with Crippen molar-refractivity contribution in [3.63, 3.8) is 0 Å². The molecule has 0 aliphatic heterocycles. The molecule has 92 valence electrons. The molecule has 0 aromatic carbocycles. The van der Waals surface area contributed by atoms with Crippen molar-refractivity contribution in [1.82, 2.24) is 10.6 Å². The van der Waals surface area contributed by atoms with Crippen LogP contribution in [0.5, 0.6) is 0 Å². The van der Waals surface area contributed by atoms with Gasteiger partial charge in [0.2, 0.25) is 17.7 Å². The number of carbonyl (C=O) groups excluding carboxylic acids is 3. The molecule has 0 saturated carbocycles. The van der Waals surface area contributed by atoms with Gasteiger partial charge in [0.25, 0.3) is 0 Å². The van der Waals surface area contributed by atoms with Crippen molar-refractivity contribution in [2.75, 3.05) is 18.6 Å². The fourth-order valence-electron chi connectivity index (χ4n) is 0.971. The zero-order valence-electron chi connectivity index (χ0n) is 9.41. The van der Waals surface area contributed by atoms with Gasteiger partial charge in [-0.2, -0.15) is 11.8 Å². The van der Waals surface area contributed by atoms with Crippen molar-refractivity contribution in [2.24, 2.45) is 5.73 Å². The summed E-state index contributed by atoms with van der Waals surface area (Å²) in [5.74, 6) is -0.547. The number of carbonyl (C=O) groups is 3. The van der Waals surface area contributed by atoms with Gasteiger partial charge < -0.3 is 16.4 Å². The van der Waals surface area contributed by atoms with Crippen LogP contribution in [0.15, 0.2) is 0 Å². The van der Waals surface area contributed by atoms with E-state index in [0.29, 0.717) is 6.42 Å². The Morgan fingerprint density at radius 3 is 2.44 bits per heavy atom. The molecule has 0 radical (unpaired) electrons. The molecule has 4 N–H and O–H groups in total. The Hall–Kier alpha value is -1.24. The lowest BCUT2D eigenvalue weighted by Gasteiger charge is -2.14. The quantitative estimate of drug-likeness (QED) is 0.528. The van der Waals surface area contributed by atoms with E-state index >= 15 is 0 Å². The predicted octanol–water partition coefficient (Wildman–Crippen LogP) is -1.15. The molecule has 16 heavy (non-hydrogen) atoms. The van der Waals surface area contributed by atoms with Gasteiger partial charge in [-0.05, 0) is 18.4 Å². The lowest BCUT2D eigenvalue weighted by atomic mass is 10.2. The fourth-order valence-corrected chi connectivity index (χ4v) is 1.44. The van der Waals surface area contributed by atoms with Crippen LogP contribution in [0.4, 0.5) is 0 Å². The number of hydrogen-bond donors (Lipinski definition) is 3. The smallest absolute Gasteiger partial charge is 0.240 e. The number of rotatable bonds is 7. The van der Waals surface area contributed by atoms with Crippen LogP contribution in [-0.4, -0.2) is 42.3 Å². The molecule has 0 aromatic heterocycles. The first-order chi connectivity index (χ1) is 7.47. The third-order valence-electron chi connectivity index (χ3n) is 1.79. The van der Waals surface area contributed by atoms with E-state index in [-0.39, 0.29) is 12.5 Å². The second-order valence-corrected chi connectivity index (χ2v) is 4.20. The Morgan fingerprint density at radius 2 is 2.00 bits per heavy atom. The van der Waals surface area contributed by atoms with E-state index in [1.165, 1.54) is 6.92 Å². The van der Waals surface area contributed by atoms with Crippen molar-refractivity contribution in [3.8, 4) is 0 Å². The van der Waals surface area contributed by atoms with E-state index in [2.05, 4.69) is 10.6 Å². The van der Waals surface area contributed by atoms with E-state index in [1.54, 1.807) is 11.8 Å². The Labute approximate surface area is 98.7 Å². The summed E-state index contributed by atoms with van der Waals surface area (Å²) >= 11 is 1.56. The maximum atomic E-state index is 11.3. The SMILES string of the molecule is CSCCC(NC(=O)CNC(C)=O)C(N)=O. The molecule has 0 saturated heterocycles. The van der Waals surface area contributed by atoms with E-state index in [1.807, 2.05) is 6.26 Å². The van der Waals surface area contributed by atoms with Crippen LogP contribution < -0.4 is 16.4 Å². The summed E-state index contributed by atoms with van der Waals surface area (Å²) in [6.45, 7) is 1.17. The molecular weight excluding hydrogens is 230 g/mol. The van der Waals surface area contributed by atoms with Crippen molar-refractivity contribution in [2.45, 2.75) is 19.4 Å². The van der Waals surface area contributed by atoms with Gasteiger partial charge in [0.05, 0.1) is 6.54 Å². The third kappa shape index (κ3) is 7.10. The van der Waals surface area contributed by atoms with Crippen LogP contribution >= 0.6 is 11.8 Å². The van der Waals surface area contributed by atoms with Crippen molar-refractivity contribution < 1.29 is 14.4 Å². The molecule has 1 unspecified atom stereocenters. The van der Waals surface area contributed by atoms with Gasteiger partial charge in [0.15, 0.2) is 0 Å². The van der Waals surface area contributed by atoms with Crippen molar-refractivity contribution >= 4 is 29.5 Å². The Morgan fingerprint density at radius 1 is 1.38 bits per heavy atom. The standard InChI is InChI=1S/C9H17N3O3S/c1-6(13)11-5-8(14)12-7(9(10)15)3-4-16-2/h7H,3-5H2,1-2H3,(H2,10,15)(H,11,13)(H,12,14). The highest BCUT2D eigenvalue weighted by atomic mass is 32.2. The first-order valence-corrected chi connectivity index (χ1v) is 6.18. The molecule has 6 nitrogen and oxygen atoms in total. The van der Waals surface area contributed by atoms with Gasteiger partial charge >= 0.3 is 0 Å². The summed E-state index contributed by atoms with van der Waals surface area (Å²) in [5.41, 5.74) is 5.13. The third-order valence-corrected chi connectivity index (χ3v) is 2.43. The van der Waals surface area contributed by atoms with Crippen LogP contribution in [0.3, 0.4) is 0 Å². The lowest BCUT2D eigenvalue weighted by Crippen LogP contribution is -2.48. The molecule has 0 bridgehead atoms. The summed E-state index contributed by atoms with van der Waals surface area (Å²) in [4.78, 5) is 32.8. The molecule has 0 rings (SSSR count). The first kappa shape index (κ1) is 14.8. The van der Waals surface area contributed by atoms with Gasteiger partial charge in [-0.3, -0.25) is 14.4 Å². The van der Waals surface area contributed by atoms with E-state index < -0.39 is 17.9 Å². The topological polar surface area (TPSA) is 101 Å². The summed E-state index contributed by atoms with van der Waals surface area (Å²) in [6, 6.07) is -0.672. The summed E-state index contributed by atoms with van der Waals surface area (Å²) in [6.07, 6.45) is 2.39. The normalized spacial score (nSPS) is 11.6. The largest absolute Gasteiger partial charge is 0.368 e. The highest BCUT2D eigenvalue weighted by Gasteiger charge is 2.17. The van der Waals surface area contributed by atoms with E-state index in [9.17, 15) is 14.4 Å². The molecular formula is C9H17N3O3S. The van der Waals surface area contributed by atoms with Gasteiger partial charge in [0, 0.05) is 6.92 Å². The van der Waals surface area contributed by atoms with E-state index in [4.69, 9.17) is 5.73 Å². The first-order valence-electron chi connectivity index (χ1n) is 4.79. The van der Waals surface area contributed by atoms with Crippen LogP contribution in [0.2, 0.25) is 0 Å². The zero-order chi connectivity index (χ0) is 12.6. The maximum absolute atomic E-state index is 11.3. The summed E-state index contributed by atoms with van der Waals surface area (Å²) in [5, 5.41) is 4.80. The zero-order valence-corrected chi connectivity index (χ0v) is 10.2. The molecule has 7 heteroatoms. The lowest BCUT2D eigenvalue weighted by molar-refractivity contribution is -0.128.